The molecule has 0 bridgehead atoms. The first-order chi connectivity index (χ1) is 15.8. The number of likely N-dealkylation sites (tertiary alicyclic amines) is 1. The van der Waals surface area contributed by atoms with Gasteiger partial charge >= 0.3 is 18.0 Å². The molecule has 0 aromatic carbocycles. The summed E-state index contributed by atoms with van der Waals surface area (Å²) in [6, 6.07) is 2.80. The highest BCUT2D eigenvalue weighted by Gasteiger charge is 2.39. The van der Waals surface area contributed by atoms with Crippen LogP contribution in [0.15, 0.2) is 35.3 Å². The third-order valence-corrected chi connectivity index (χ3v) is 5.17. The monoisotopic (exact) mass is 495 g/mol. The number of carbonyl (C=O) groups excluding carboxylic acids is 1. The van der Waals surface area contributed by atoms with E-state index in [2.05, 4.69) is 10.1 Å². The summed E-state index contributed by atoms with van der Waals surface area (Å²) in [5, 5.41) is 3.62. The molecule has 3 aromatic rings. The fourth-order valence-corrected chi connectivity index (χ4v) is 3.51. The van der Waals surface area contributed by atoms with E-state index in [0.29, 0.717) is 27.3 Å². The fraction of sp³-hybridized carbons (Fsp3) is 0.368. The minimum atomic E-state index is -4.98. The first-order valence-electron chi connectivity index (χ1n) is 9.56. The van der Waals surface area contributed by atoms with Crippen molar-refractivity contribution in [2.24, 2.45) is 0 Å². The van der Waals surface area contributed by atoms with Crippen molar-refractivity contribution in [1.82, 2.24) is 24.1 Å². The lowest BCUT2D eigenvalue weighted by Crippen LogP contribution is -2.33. The third kappa shape index (κ3) is 4.21. The van der Waals surface area contributed by atoms with Gasteiger partial charge in [-0.1, -0.05) is 6.07 Å². The van der Waals surface area contributed by atoms with Gasteiger partial charge in [0.25, 0.3) is 5.91 Å². The Morgan fingerprint density at radius 2 is 1.62 bits per heavy atom. The van der Waals surface area contributed by atoms with Crippen LogP contribution in [0.4, 0.5) is 35.1 Å². The first-order valence-corrected chi connectivity index (χ1v) is 9.56. The molecule has 1 amide bonds. The van der Waals surface area contributed by atoms with Gasteiger partial charge in [-0.15, -0.1) is 5.10 Å². The number of carbonyl (C=O) groups is 1. The average molecular weight is 495 g/mol. The van der Waals surface area contributed by atoms with Gasteiger partial charge in [0.2, 0.25) is 0 Å². The van der Waals surface area contributed by atoms with Crippen LogP contribution in [0.1, 0.15) is 27.3 Å². The van der Waals surface area contributed by atoms with Crippen LogP contribution in [0.5, 0.6) is 0 Å². The van der Waals surface area contributed by atoms with Gasteiger partial charge in [0.15, 0.2) is 18.0 Å². The number of hydrogen-bond donors (Lipinski definition) is 0. The number of pyridine rings is 2. The van der Waals surface area contributed by atoms with Crippen LogP contribution in [0.2, 0.25) is 0 Å². The first kappa shape index (κ1) is 23.6. The van der Waals surface area contributed by atoms with Gasteiger partial charge in [0.05, 0.1) is 19.6 Å². The van der Waals surface area contributed by atoms with E-state index in [-0.39, 0.29) is 5.56 Å². The third-order valence-electron chi connectivity index (χ3n) is 5.17. The highest BCUT2D eigenvalue weighted by atomic mass is 19.4. The van der Waals surface area contributed by atoms with Crippen molar-refractivity contribution in [3.8, 4) is 0 Å². The van der Waals surface area contributed by atoms with E-state index in [1.165, 1.54) is 0 Å². The summed E-state index contributed by atoms with van der Waals surface area (Å²) in [6.07, 6.45) is -12.9. The van der Waals surface area contributed by atoms with Gasteiger partial charge in [0.1, 0.15) is 17.0 Å². The van der Waals surface area contributed by atoms with Gasteiger partial charge in [-0.2, -0.15) is 26.3 Å². The van der Waals surface area contributed by atoms with E-state index in [4.69, 9.17) is 0 Å². The topological polar surface area (TPSA) is 72.5 Å². The molecule has 7 nitrogen and oxygen atoms in total. The molecule has 182 valence electrons. The quantitative estimate of drug-likeness (QED) is 0.524. The van der Waals surface area contributed by atoms with E-state index >= 15 is 0 Å². The summed E-state index contributed by atoms with van der Waals surface area (Å²) >= 11 is 0. The van der Waals surface area contributed by atoms with Gasteiger partial charge in [0, 0.05) is 6.20 Å². The molecule has 1 fully saturated rings. The molecule has 4 rings (SSSR count). The lowest BCUT2D eigenvalue weighted by molar-refractivity contribution is -0.141. The van der Waals surface area contributed by atoms with Crippen molar-refractivity contribution < 1.29 is 39.9 Å². The molecule has 0 aliphatic carbocycles. The lowest BCUT2D eigenvalue weighted by atomic mass is 10.2. The Hall–Kier alpha value is -3.52. The molecule has 0 saturated carbocycles. The van der Waals surface area contributed by atoms with Crippen molar-refractivity contribution in [2.45, 2.75) is 31.2 Å². The van der Waals surface area contributed by atoms with E-state index in [1.807, 2.05) is 0 Å². The Kier molecular flexibility index (Phi) is 5.60. The van der Waals surface area contributed by atoms with Crippen molar-refractivity contribution in [3.63, 3.8) is 0 Å². The number of alkyl halides is 8. The predicted octanol–water partition coefficient (Wildman–Crippen LogP) is 3.11. The smallest absolute Gasteiger partial charge is 0.331 e. The van der Waals surface area contributed by atoms with Crippen LogP contribution >= 0.6 is 0 Å². The minimum absolute atomic E-state index is 0.0139. The maximum Gasteiger partial charge on any atom is 0.433 e. The number of hydrogen-bond acceptors (Lipinski definition) is 4. The number of halogens is 8. The molecule has 0 radical (unpaired) electrons. The Morgan fingerprint density at radius 3 is 2.15 bits per heavy atom. The molecule has 0 N–H and O–H groups in total. The maximum atomic E-state index is 13.5. The van der Waals surface area contributed by atoms with Crippen molar-refractivity contribution in [3.05, 3.63) is 63.5 Å². The molecule has 15 heteroatoms. The van der Waals surface area contributed by atoms with Gasteiger partial charge in [-0.25, -0.2) is 22.7 Å². The maximum absolute atomic E-state index is 13.5. The summed E-state index contributed by atoms with van der Waals surface area (Å²) in [5.74, 6) is -1.08. The van der Waals surface area contributed by atoms with E-state index < -0.39 is 78.5 Å². The zero-order chi connectivity index (χ0) is 25.0. The number of nitrogens with zero attached hydrogens (tertiary/aromatic N) is 5. The second kappa shape index (κ2) is 8.06. The molecule has 34 heavy (non-hydrogen) atoms. The Balaban J connectivity index is 1.79. The Labute approximate surface area is 184 Å². The number of rotatable bonds is 3. The zero-order valence-electron chi connectivity index (χ0n) is 16.7. The SMILES string of the molecule is O=C(c1ccc(C(F)(F)F)c2nn(Cc3ccc(C(F)(F)F)nc3)c(=O)n12)N1C[C@@H](F)[C@H](F)C1. The van der Waals surface area contributed by atoms with Crippen molar-refractivity contribution in [1.29, 1.82) is 0 Å². The highest BCUT2D eigenvalue weighted by Crippen LogP contribution is 2.32. The molecule has 1 aliphatic rings. The van der Waals surface area contributed by atoms with Crippen molar-refractivity contribution >= 4 is 11.6 Å². The summed E-state index contributed by atoms with van der Waals surface area (Å²) in [7, 11) is 0. The van der Waals surface area contributed by atoms with Gasteiger partial charge < -0.3 is 4.90 Å². The standard InChI is InChI=1S/C19H13F8N5O2/c20-11-7-30(8-12(11)21)16(33)13-3-2-10(18(22,23)24)15-29-31(17(34)32(13)15)6-9-1-4-14(28-5-9)19(25,26)27/h1-5,11-12H,6-8H2/t11-,12-/m1/s1. The van der Waals surface area contributed by atoms with Crippen LogP contribution in [-0.2, 0) is 18.9 Å². The fourth-order valence-electron chi connectivity index (χ4n) is 3.51. The second-order valence-corrected chi connectivity index (χ2v) is 7.52. The highest BCUT2D eigenvalue weighted by molar-refractivity contribution is 5.93. The summed E-state index contributed by atoms with van der Waals surface area (Å²) in [5.41, 5.74) is -5.33. The molecular weight excluding hydrogens is 482 g/mol. The van der Waals surface area contributed by atoms with Crippen LogP contribution in [0, 0.1) is 0 Å². The lowest BCUT2D eigenvalue weighted by Gasteiger charge is -2.16. The van der Waals surface area contributed by atoms with Crippen LogP contribution in [0.25, 0.3) is 5.65 Å². The van der Waals surface area contributed by atoms with E-state index in [9.17, 15) is 44.7 Å². The molecule has 0 spiro atoms. The molecule has 0 unspecified atom stereocenters. The van der Waals surface area contributed by atoms with E-state index in [0.717, 1.165) is 17.2 Å². The van der Waals surface area contributed by atoms with Gasteiger partial charge in [-0.3, -0.25) is 9.78 Å². The Bertz CT molecular complexity index is 1290. The largest absolute Gasteiger partial charge is 0.433 e. The van der Waals surface area contributed by atoms with Gasteiger partial charge in [-0.05, 0) is 23.8 Å². The molecule has 4 heterocycles. The molecular formula is C19H13F8N5O2. The van der Waals surface area contributed by atoms with Crippen LogP contribution in [-0.4, -0.2) is 55.4 Å². The van der Waals surface area contributed by atoms with Crippen LogP contribution < -0.4 is 5.69 Å². The molecule has 1 saturated heterocycles. The molecule has 2 atom stereocenters. The minimum Gasteiger partial charge on any atom is -0.331 e. The predicted molar refractivity (Wildman–Crippen MR) is 98.5 cm³/mol. The molecule has 1 aliphatic heterocycles. The number of fused-ring (bicyclic) bond motifs is 1. The summed E-state index contributed by atoms with van der Waals surface area (Å²) < 4.78 is 106. The van der Waals surface area contributed by atoms with Crippen LogP contribution in [0.3, 0.4) is 0 Å². The normalized spacial score (nSPS) is 19.2. The summed E-state index contributed by atoms with van der Waals surface area (Å²) in [4.78, 5) is 29.6. The second-order valence-electron chi connectivity index (χ2n) is 7.52. The average Bonchev–Trinajstić information content (AvgIpc) is 3.25. The van der Waals surface area contributed by atoms with E-state index in [1.54, 1.807) is 0 Å². The van der Waals surface area contributed by atoms with Crippen molar-refractivity contribution in [2.75, 3.05) is 13.1 Å². The summed E-state index contributed by atoms with van der Waals surface area (Å²) in [6.45, 7) is -1.86. The zero-order valence-corrected chi connectivity index (χ0v) is 16.7. The molecule has 3 aromatic heterocycles. The Morgan fingerprint density at radius 1 is 0.971 bits per heavy atom. The number of aromatic nitrogens is 4. The number of amides is 1.